The number of nitrogens with zero attached hydrogens (tertiary/aromatic N) is 2. The van der Waals surface area contributed by atoms with Crippen LogP contribution in [0, 0.1) is 0 Å². The predicted molar refractivity (Wildman–Crippen MR) is 79.0 cm³/mol. The molecule has 20 heavy (non-hydrogen) atoms. The molecule has 4 heteroatoms. The standard InChI is InChI=1S/C16H21N3O/c1-3-7-18-16(14-10-17-11-19(14)2)13-4-5-15-12(9-13)6-8-20-15/h4-5,9-11,16,18H,3,6-8H2,1-2H3. The van der Waals surface area contributed by atoms with Gasteiger partial charge in [-0.25, -0.2) is 4.98 Å². The number of nitrogens with one attached hydrogen (secondary N) is 1. The van der Waals surface area contributed by atoms with Crippen molar-refractivity contribution in [3.63, 3.8) is 0 Å². The van der Waals surface area contributed by atoms with Gasteiger partial charge in [-0.3, -0.25) is 0 Å². The van der Waals surface area contributed by atoms with E-state index in [0.29, 0.717) is 0 Å². The molecule has 1 aliphatic rings. The van der Waals surface area contributed by atoms with Gasteiger partial charge in [0.1, 0.15) is 5.75 Å². The summed E-state index contributed by atoms with van der Waals surface area (Å²) in [4.78, 5) is 4.25. The molecule has 1 atom stereocenters. The SMILES string of the molecule is CCCNC(c1ccc2c(c1)CCO2)c1cncn1C. The third-order valence-electron chi connectivity index (χ3n) is 3.80. The number of hydrogen-bond donors (Lipinski definition) is 1. The molecule has 106 valence electrons. The van der Waals surface area contributed by atoms with Gasteiger partial charge in [0.2, 0.25) is 0 Å². The third kappa shape index (κ3) is 2.43. The topological polar surface area (TPSA) is 39.1 Å². The number of aryl methyl sites for hydroxylation is 1. The molecule has 0 amide bonds. The quantitative estimate of drug-likeness (QED) is 0.908. The Kier molecular flexibility index (Phi) is 3.74. The number of rotatable bonds is 5. The largest absolute Gasteiger partial charge is 0.493 e. The second kappa shape index (κ2) is 5.67. The highest BCUT2D eigenvalue weighted by atomic mass is 16.5. The van der Waals surface area contributed by atoms with Crippen LogP contribution in [0.15, 0.2) is 30.7 Å². The van der Waals surface area contributed by atoms with E-state index in [1.165, 1.54) is 16.8 Å². The van der Waals surface area contributed by atoms with E-state index < -0.39 is 0 Å². The van der Waals surface area contributed by atoms with Crippen LogP contribution < -0.4 is 10.1 Å². The fraction of sp³-hybridized carbons (Fsp3) is 0.438. The van der Waals surface area contributed by atoms with Gasteiger partial charge in [-0.1, -0.05) is 19.1 Å². The van der Waals surface area contributed by atoms with Crippen LogP contribution in [-0.4, -0.2) is 22.7 Å². The lowest BCUT2D eigenvalue weighted by molar-refractivity contribution is 0.356. The Morgan fingerprint density at radius 2 is 2.35 bits per heavy atom. The highest BCUT2D eigenvalue weighted by molar-refractivity contribution is 5.42. The Labute approximate surface area is 119 Å². The minimum absolute atomic E-state index is 0.188. The molecule has 0 bridgehead atoms. The van der Waals surface area contributed by atoms with Crippen LogP contribution in [0.25, 0.3) is 0 Å². The Morgan fingerprint density at radius 3 is 3.10 bits per heavy atom. The van der Waals surface area contributed by atoms with Crippen molar-refractivity contribution >= 4 is 0 Å². The van der Waals surface area contributed by atoms with Gasteiger partial charge < -0.3 is 14.6 Å². The average molecular weight is 271 g/mol. The fourth-order valence-corrected chi connectivity index (χ4v) is 2.71. The molecule has 3 rings (SSSR count). The number of fused-ring (bicyclic) bond motifs is 1. The summed E-state index contributed by atoms with van der Waals surface area (Å²) >= 11 is 0. The van der Waals surface area contributed by atoms with E-state index in [2.05, 4.69) is 40.0 Å². The van der Waals surface area contributed by atoms with E-state index in [-0.39, 0.29) is 6.04 Å². The molecule has 0 radical (unpaired) electrons. The van der Waals surface area contributed by atoms with Gasteiger partial charge in [-0.05, 0) is 30.2 Å². The molecule has 1 aromatic carbocycles. The van der Waals surface area contributed by atoms with Crippen molar-refractivity contribution in [2.24, 2.45) is 7.05 Å². The molecule has 1 N–H and O–H groups in total. The Morgan fingerprint density at radius 1 is 1.45 bits per heavy atom. The molecule has 0 saturated carbocycles. The van der Waals surface area contributed by atoms with Crippen molar-refractivity contribution in [1.29, 1.82) is 0 Å². The van der Waals surface area contributed by atoms with E-state index in [4.69, 9.17) is 4.74 Å². The first-order valence-electron chi connectivity index (χ1n) is 7.25. The maximum atomic E-state index is 5.59. The van der Waals surface area contributed by atoms with Gasteiger partial charge in [0, 0.05) is 13.5 Å². The summed E-state index contributed by atoms with van der Waals surface area (Å²) in [7, 11) is 2.04. The summed E-state index contributed by atoms with van der Waals surface area (Å²) < 4.78 is 7.67. The van der Waals surface area contributed by atoms with Crippen molar-refractivity contribution in [3.05, 3.63) is 47.5 Å². The average Bonchev–Trinajstić information content (AvgIpc) is 3.08. The number of ether oxygens (including phenoxy) is 1. The molecule has 0 fully saturated rings. The summed E-state index contributed by atoms with van der Waals surface area (Å²) in [5.74, 6) is 1.04. The minimum Gasteiger partial charge on any atom is -0.493 e. The van der Waals surface area contributed by atoms with Crippen molar-refractivity contribution in [3.8, 4) is 5.75 Å². The summed E-state index contributed by atoms with van der Waals surface area (Å²) in [5, 5.41) is 3.62. The van der Waals surface area contributed by atoms with E-state index in [1.54, 1.807) is 0 Å². The maximum Gasteiger partial charge on any atom is 0.122 e. The van der Waals surface area contributed by atoms with Crippen molar-refractivity contribution in [2.45, 2.75) is 25.8 Å². The molecular weight excluding hydrogens is 250 g/mol. The van der Waals surface area contributed by atoms with E-state index in [1.807, 2.05) is 19.6 Å². The maximum absolute atomic E-state index is 5.59. The third-order valence-corrected chi connectivity index (χ3v) is 3.80. The van der Waals surface area contributed by atoms with Crippen LogP contribution in [0.5, 0.6) is 5.75 Å². The molecule has 1 unspecified atom stereocenters. The zero-order chi connectivity index (χ0) is 13.9. The molecule has 2 heterocycles. The number of imidazole rings is 1. The fourth-order valence-electron chi connectivity index (χ4n) is 2.71. The highest BCUT2D eigenvalue weighted by Gasteiger charge is 2.19. The molecule has 0 saturated heterocycles. The summed E-state index contributed by atoms with van der Waals surface area (Å²) in [6, 6.07) is 6.70. The first-order valence-corrected chi connectivity index (χ1v) is 7.25. The molecular formula is C16H21N3O. The summed E-state index contributed by atoms with van der Waals surface area (Å²) in [5.41, 5.74) is 3.79. The normalized spacial score (nSPS) is 14.9. The van der Waals surface area contributed by atoms with Crippen molar-refractivity contribution in [1.82, 2.24) is 14.9 Å². The van der Waals surface area contributed by atoms with Gasteiger partial charge in [0.25, 0.3) is 0 Å². The van der Waals surface area contributed by atoms with Crippen LogP contribution >= 0.6 is 0 Å². The molecule has 4 nitrogen and oxygen atoms in total. The number of aromatic nitrogens is 2. The summed E-state index contributed by atoms with van der Waals surface area (Å²) in [6.45, 7) is 3.98. The molecule has 0 spiro atoms. The molecule has 1 aliphatic heterocycles. The highest BCUT2D eigenvalue weighted by Crippen LogP contribution is 2.30. The zero-order valence-electron chi connectivity index (χ0n) is 12.1. The summed E-state index contributed by atoms with van der Waals surface area (Å²) in [6.07, 6.45) is 5.92. The first-order chi connectivity index (χ1) is 9.79. The monoisotopic (exact) mass is 271 g/mol. The lowest BCUT2D eigenvalue weighted by atomic mass is 10.00. The van der Waals surface area contributed by atoms with E-state index in [0.717, 1.165) is 31.7 Å². The van der Waals surface area contributed by atoms with Crippen LogP contribution in [0.4, 0.5) is 0 Å². The van der Waals surface area contributed by atoms with Gasteiger partial charge in [-0.15, -0.1) is 0 Å². The zero-order valence-corrected chi connectivity index (χ0v) is 12.1. The van der Waals surface area contributed by atoms with Crippen molar-refractivity contribution < 1.29 is 4.74 Å². The smallest absolute Gasteiger partial charge is 0.122 e. The molecule has 2 aromatic rings. The van der Waals surface area contributed by atoms with Gasteiger partial charge in [0.05, 0.1) is 30.9 Å². The lowest BCUT2D eigenvalue weighted by Gasteiger charge is -2.20. The van der Waals surface area contributed by atoms with Gasteiger partial charge in [-0.2, -0.15) is 0 Å². The van der Waals surface area contributed by atoms with Gasteiger partial charge >= 0.3 is 0 Å². The Balaban J connectivity index is 1.94. The van der Waals surface area contributed by atoms with Gasteiger partial charge in [0.15, 0.2) is 0 Å². The minimum atomic E-state index is 0.188. The number of benzene rings is 1. The Bertz CT molecular complexity index is 591. The second-order valence-corrected chi connectivity index (χ2v) is 5.28. The van der Waals surface area contributed by atoms with Crippen LogP contribution in [0.3, 0.4) is 0 Å². The second-order valence-electron chi connectivity index (χ2n) is 5.28. The van der Waals surface area contributed by atoms with E-state index in [9.17, 15) is 0 Å². The molecule has 1 aromatic heterocycles. The van der Waals surface area contributed by atoms with Crippen molar-refractivity contribution in [2.75, 3.05) is 13.2 Å². The van der Waals surface area contributed by atoms with Crippen LogP contribution in [0.1, 0.15) is 36.2 Å². The van der Waals surface area contributed by atoms with Crippen LogP contribution in [0.2, 0.25) is 0 Å². The van der Waals surface area contributed by atoms with E-state index >= 15 is 0 Å². The van der Waals surface area contributed by atoms with Crippen LogP contribution in [-0.2, 0) is 13.5 Å². The predicted octanol–water partition coefficient (Wildman–Crippen LogP) is 2.44. The first kappa shape index (κ1) is 13.2. The lowest BCUT2D eigenvalue weighted by Crippen LogP contribution is -2.25. The molecule has 0 aliphatic carbocycles. The number of hydrogen-bond acceptors (Lipinski definition) is 3. The Hall–Kier alpha value is -1.81.